The van der Waals surface area contributed by atoms with Crippen LogP contribution in [0.2, 0.25) is 0 Å². The Bertz CT molecular complexity index is 392. The molecule has 4 nitrogen and oxygen atoms in total. The molecular formula is C12H13BrO4. The van der Waals surface area contributed by atoms with Crippen LogP contribution in [0.3, 0.4) is 0 Å². The third kappa shape index (κ3) is 3.85. The minimum Gasteiger partial charge on any atom is -0.462 e. The van der Waals surface area contributed by atoms with E-state index in [1.54, 1.807) is 26.0 Å². The molecule has 0 heterocycles. The first-order chi connectivity index (χ1) is 8.08. The third-order valence-corrected chi connectivity index (χ3v) is 2.38. The van der Waals surface area contributed by atoms with E-state index < -0.39 is 11.9 Å². The molecule has 0 saturated carbocycles. The van der Waals surface area contributed by atoms with Crippen molar-refractivity contribution in [2.45, 2.75) is 13.8 Å². The molecule has 0 aromatic heterocycles. The summed E-state index contributed by atoms with van der Waals surface area (Å²) in [5.41, 5.74) is 0.647. The Kier molecular flexibility index (Phi) is 5.15. The second-order valence-corrected chi connectivity index (χ2v) is 4.09. The Labute approximate surface area is 108 Å². The van der Waals surface area contributed by atoms with E-state index in [-0.39, 0.29) is 0 Å². The van der Waals surface area contributed by atoms with Gasteiger partial charge in [-0.2, -0.15) is 0 Å². The van der Waals surface area contributed by atoms with E-state index in [1.165, 1.54) is 6.07 Å². The van der Waals surface area contributed by atoms with Crippen molar-refractivity contribution in [2.75, 3.05) is 13.2 Å². The molecule has 0 spiro atoms. The van der Waals surface area contributed by atoms with E-state index in [2.05, 4.69) is 15.9 Å². The average molecular weight is 301 g/mol. The zero-order valence-corrected chi connectivity index (χ0v) is 11.2. The fourth-order valence-electron chi connectivity index (χ4n) is 1.25. The van der Waals surface area contributed by atoms with Gasteiger partial charge in [0.05, 0.1) is 24.3 Å². The highest BCUT2D eigenvalue weighted by Gasteiger charge is 2.13. The maximum absolute atomic E-state index is 11.5. The van der Waals surface area contributed by atoms with Crippen LogP contribution in [0.15, 0.2) is 22.7 Å². The van der Waals surface area contributed by atoms with Gasteiger partial charge in [0.25, 0.3) is 0 Å². The van der Waals surface area contributed by atoms with Crippen LogP contribution in [-0.4, -0.2) is 25.2 Å². The molecule has 0 saturated heterocycles. The maximum atomic E-state index is 11.5. The van der Waals surface area contributed by atoms with Gasteiger partial charge < -0.3 is 9.47 Å². The van der Waals surface area contributed by atoms with Crippen molar-refractivity contribution < 1.29 is 19.1 Å². The number of hydrogen-bond acceptors (Lipinski definition) is 4. The van der Waals surface area contributed by atoms with E-state index >= 15 is 0 Å². The molecule has 0 amide bonds. The largest absolute Gasteiger partial charge is 0.462 e. The van der Waals surface area contributed by atoms with Crippen molar-refractivity contribution in [1.82, 2.24) is 0 Å². The predicted octanol–water partition coefficient (Wildman–Crippen LogP) is 2.80. The van der Waals surface area contributed by atoms with Crippen LogP contribution in [-0.2, 0) is 9.47 Å². The maximum Gasteiger partial charge on any atom is 0.338 e. The van der Waals surface area contributed by atoms with Crippen LogP contribution >= 0.6 is 15.9 Å². The molecule has 0 atom stereocenters. The van der Waals surface area contributed by atoms with Gasteiger partial charge in [-0.25, -0.2) is 9.59 Å². The van der Waals surface area contributed by atoms with E-state index in [0.717, 1.165) is 0 Å². The molecule has 0 fully saturated rings. The number of esters is 2. The molecule has 17 heavy (non-hydrogen) atoms. The van der Waals surface area contributed by atoms with Gasteiger partial charge in [0.2, 0.25) is 0 Å². The molecular weight excluding hydrogens is 288 g/mol. The van der Waals surface area contributed by atoms with Gasteiger partial charge in [-0.15, -0.1) is 0 Å². The van der Waals surface area contributed by atoms with Crippen LogP contribution < -0.4 is 0 Å². The summed E-state index contributed by atoms with van der Waals surface area (Å²) in [4.78, 5) is 23.1. The lowest BCUT2D eigenvalue weighted by Crippen LogP contribution is -2.09. The van der Waals surface area contributed by atoms with Crippen LogP contribution in [0.25, 0.3) is 0 Å². The minimum absolute atomic E-state index is 0.292. The molecule has 0 aliphatic carbocycles. The zero-order valence-electron chi connectivity index (χ0n) is 9.66. The van der Waals surface area contributed by atoms with Gasteiger partial charge in [0.15, 0.2) is 0 Å². The smallest absolute Gasteiger partial charge is 0.338 e. The number of halogens is 1. The fourth-order valence-corrected chi connectivity index (χ4v) is 1.75. The highest BCUT2D eigenvalue weighted by molar-refractivity contribution is 9.10. The lowest BCUT2D eigenvalue weighted by atomic mass is 10.1. The van der Waals surface area contributed by atoms with Gasteiger partial charge in [-0.3, -0.25) is 0 Å². The Morgan fingerprint density at radius 3 is 1.76 bits per heavy atom. The third-order valence-electron chi connectivity index (χ3n) is 1.92. The molecule has 0 aliphatic heterocycles. The molecule has 0 radical (unpaired) electrons. The molecule has 1 rings (SSSR count). The quantitative estimate of drug-likeness (QED) is 0.802. The SMILES string of the molecule is CCOC(=O)c1cc(Br)cc(C(=O)OCC)c1. The topological polar surface area (TPSA) is 52.6 Å². The number of hydrogen-bond donors (Lipinski definition) is 0. The van der Waals surface area contributed by atoms with Crippen molar-refractivity contribution in [2.24, 2.45) is 0 Å². The Hall–Kier alpha value is -1.36. The fraction of sp³-hybridized carbons (Fsp3) is 0.333. The van der Waals surface area contributed by atoms with Crippen molar-refractivity contribution in [3.63, 3.8) is 0 Å². The van der Waals surface area contributed by atoms with Gasteiger partial charge in [-0.1, -0.05) is 15.9 Å². The van der Waals surface area contributed by atoms with Gasteiger partial charge in [0.1, 0.15) is 0 Å². The van der Waals surface area contributed by atoms with Crippen molar-refractivity contribution >= 4 is 27.9 Å². The number of rotatable bonds is 4. The summed E-state index contributed by atoms with van der Waals surface area (Å²) in [7, 11) is 0. The first-order valence-corrected chi connectivity index (χ1v) is 6.02. The Morgan fingerprint density at radius 1 is 1.00 bits per heavy atom. The first kappa shape index (κ1) is 13.7. The van der Waals surface area contributed by atoms with Crippen molar-refractivity contribution in [3.8, 4) is 0 Å². The molecule has 0 aliphatic rings. The number of carbonyl (C=O) groups is 2. The van der Waals surface area contributed by atoms with Gasteiger partial charge in [0, 0.05) is 4.47 Å². The lowest BCUT2D eigenvalue weighted by molar-refractivity contribution is 0.0525. The van der Waals surface area contributed by atoms with E-state index in [1.807, 2.05) is 0 Å². The molecule has 5 heteroatoms. The number of benzene rings is 1. The second kappa shape index (κ2) is 6.39. The van der Waals surface area contributed by atoms with Crippen LogP contribution in [0.1, 0.15) is 34.6 Å². The summed E-state index contributed by atoms with van der Waals surface area (Å²) in [6, 6.07) is 4.65. The van der Waals surface area contributed by atoms with E-state index in [9.17, 15) is 9.59 Å². The van der Waals surface area contributed by atoms with Crippen molar-refractivity contribution in [1.29, 1.82) is 0 Å². The summed E-state index contributed by atoms with van der Waals surface area (Å²) >= 11 is 3.24. The molecule has 92 valence electrons. The number of carbonyl (C=O) groups excluding carboxylic acids is 2. The lowest BCUT2D eigenvalue weighted by Gasteiger charge is -2.06. The standard InChI is InChI=1S/C12H13BrO4/c1-3-16-11(14)8-5-9(7-10(13)6-8)12(15)17-4-2/h5-7H,3-4H2,1-2H3. The highest BCUT2D eigenvalue weighted by Crippen LogP contribution is 2.17. The average Bonchev–Trinajstić information content (AvgIpc) is 2.29. The van der Waals surface area contributed by atoms with Gasteiger partial charge >= 0.3 is 11.9 Å². The molecule has 0 N–H and O–H groups in total. The van der Waals surface area contributed by atoms with E-state index in [4.69, 9.17) is 9.47 Å². The monoisotopic (exact) mass is 300 g/mol. The van der Waals surface area contributed by atoms with Crippen LogP contribution in [0.5, 0.6) is 0 Å². The Balaban J connectivity index is 3.01. The van der Waals surface area contributed by atoms with Crippen LogP contribution in [0, 0.1) is 0 Å². The second-order valence-electron chi connectivity index (χ2n) is 3.17. The Morgan fingerprint density at radius 2 is 1.41 bits per heavy atom. The summed E-state index contributed by atoms with van der Waals surface area (Å²) in [6.07, 6.45) is 0. The van der Waals surface area contributed by atoms with Crippen molar-refractivity contribution in [3.05, 3.63) is 33.8 Å². The predicted molar refractivity (Wildman–Crippen MR) is 66.1 cm³/mol. The molecule has 0 unspecified atom stereocenters. The van der Waals surface area contributed by atoms with E-state index in [0.29, 0.717) is 28.8 Å². The molecule has 1 aromatic rings. The summed E-state index contributed by atoms with van der Waals surface area (Å²) in [6.45, 7) is 4.03. The minimum atomic E-state index is -0.459. The highest BCUT2D eigenvalue weighted by atomic mass is 79.9. The summed E-state index contributed by atoms with van der Waals surface area (Å²) < 4.78 is 10.4. The number of ether oxygens (including phenoxy) is 2. The first-order valence-electron chi connectivity index (χ1n) is 5.23. The normalized spacial score (nSPS) is 9.82. The molecule has 1 aromatic carbocycles. The zero-order chi connectivity index (χ0) is 12.8. The molecule has 0 bridgehead atoms. The summed E-state index contributed by atoms with van der Waals surface area (Å²) in [5, 5.41) is 0. The van der Waals surface area contributed by atoms with Gasteiger partial charge in [-0.05, 0) is 32.0 Å². The van der Waals surface area contributed by atoms with Crippen LogP contribution in [0.4, 0.5) is 0 Å². The summed E-state index contributed by atoms with van der Waals surface area (Å²) in [5.74, 6) is -0.918.